The van der Waals surface area contributed by atoms with Crippen LogP contribution in [0, 0.1) is 19.8 Å². The van der Waals surface area contributed by atoms with Crippen molar-refractivity contribution in [1.29, 1.82) is 0 Å². The fourth-order valence-corrected chi connectivity index (χ4v) is 5.92. The smallest absolute Gasteiger partial charge is 0.242 e. The minimum absolute atomic E-state index is 0.0318. The molecule has 0 spiro atoms. The molecule has 3 N–H and O–H groups in total. The fourth-order valence-electron chi connectivity index (χ4n) is 5.79. The Bertz CT molecular complexity index is 1310. The second kappa shape index (κ2) is 10.2. The van der Waals surface area contributed by atoms with Crippen LogP contribution in [0.4, 0.5) is 0 Å². The maximum atomic E-state index is 13.8. The molecule has 194 valence electrons. The van der Waals surface area contributed by atoms with Crippen molar-refractivity contribution < 1.29 is 19.4 Å². The van der Waals surface area contributed by atoms with Gasteiger partial charge in [0.15, 0.2) is 11.5 Å². The Morgan fingerprint density at radius 1 is 0.946 bits per heavy atom. The summed E-state index contributed by atoms with van der Waals surface area (Å²) in [6.07, 6.45) is 0.655. The second-order valence-corrected chi connectivity index (χ2v) is 10.2. The minimum atomic E-state index is -0.420. The van der Waals surface area contributed by atoms with Crippen molar-refractivity contribution >= 4 is 17.5 Å². The van der Waals surface area contributed by atoms with Crippen LogP contribution in [0.3, 0.4) is 0 Å². The van der Waals surface area contributed by atoms with E-state index in [-0.39, 0.29) is 29.7 Å². The van der Waals surface area contributed by atoms with Gasteiger partial charge in [-0.3, -0.25) is 4.79 Å². The van der Waals surface area contributed by atoms with Gasteiger partial charge in [0, 0.05) is 23.0 Å². The van der Waals surface area contributed by atoms with Crippen molar-refractivity contribution in [1.82, 2.24) is 15.8 Å². The molecule has 3 aromatic rings. The summed E-state index contributed by atoms with van der Waals surface area (Å²) in [5.41, 5.74) is 11.3. The fraction of sp³-hybridized carbons (Fsp3) is 0.345. The number of hydrazine groups is 1. The number of nitrogens with zero attached hydrogens (tertiary/aromatic N) is 1. The van der Waals surface area contributed by atoms with Crippen molar-refractivity contribution in [3.05, 3.63) is 87.4 Å². The van der Waals surface area contributed by atoms with Gasteiger partial charge in [-0.2, -0.15) is 0 Å². The van der Waals surface area contributed by atoms with E-state index in [4.69, 9.17) is 21.1 Å². The number of rotatable bonds is 7. The molecule has 0 radical (unpaired) electrons. The summed E-state index contributed by atoms with van der Waals surface area (Å²) in [5, 5.41) is 11.6. The van der Waals surface area contributed by atoms with Gasteiger partial charge in [-0.05, 0) is 61.2 Å². The highest BCUT2D eigenvalue weighted by Crippen LogP contribution is 2.49. The number of fused-ring (bicyclic) bond motifs is 1. The number of aryl methyl sites for hydroxylation is 2. The summed E-state index contributed by atoms with van der Waals surface area (Å²) < 4.78 is 10.8. The standard InChI is InChI=1S/C29H32ClN3O4/c1-16-13-17(2)28(34)21(14-16)25-24-26(32-31-25)29(35)33(27(24)19-6-8-20(30)9-7-19)12-11-18-5-10-22(36-3)23(15-18)37-4/h5-10,13-15,24-27,31-32,34H,11-12H2,1-4H3. The van der Waals surface area contributed by atoms with Gasteiger partial charge in [-0.1, -0.05) is 47.5 Å². The molecule has 0 aliphatic carbocycles. The largest absolute Gasteiger partial charge is 0.507 e. The number of hydrogen-bond donors (Lipinski definition) is 3. The van der Waals surface area contributed by atoms with Crippen LogP contribution in [0.15, 0.2) is 54.6 Å². The molecule has 7 nitrogen and oxygen atoms in total. The van der Waals surface area contributed by atoms with Crippen molar-refractivity contribution in [3.8, 4) is 17.2 Å². The topological polar surface area (TPSA) is 83.1 Å². The zero-order chi connectivity index (χ0) is 26.3. The highest BCUT2D eigenvalue weighted by atomic mass is 35.5. The lowest BCUT2D eigenvalue weighted by Gasteiger charge is -2.32. The van der Waals surface area contributed by atoms with Crippen molar-refractivity contribution in [3.63, 3.8) is 0 Å². The zero-order valence-corrected chi connectivity index (χ0v) is 22.2. The maximum absolute atomic E-state index is 13.8. The molecule has 1 amide bonds. The molecule has 4 unspecified atom stereocenters. The molecule has 0 bridgehead atoms. The molecule has 0 saturated carbocycles. The van der Waals surface area contributed by atoms with Crippen molar-refractivity contribution in [2.24, 2.45) is 5.92 Å². The molecule has 2 fully saturated rings. The lowest BCUT2D eigenvalue weighted by atomic mass is 9.82. The van der Waals surface area contributed by atoms with Gasteiger partial charge in [-0.25, -0.2) is 10.9 Å². The van der Waals surface area contributed by atoms with E-state index in [1.807, 2.05) is 73.3 Å². The van der Waals surface area contributed by atoms with Gasteiger partial charge in [0.05, 0.1) is 26.3 Å². The van der Waals surface area contributed by atoms with Gasteiger partial charge < -0.3 is 19.5 Å². The van der Waals surface area contributed by atoms with Gasteiger partial charge in [0.1, 0.15) is 11.8 Å². The third kappa shape index (κ3) is 4.63. The van der Waals surface area contributed by atoms with E-state index in [0.717, 1.165) is 27.8 Å². The molecule has 2 saturated heterocycles. The lowest BCUT2D eigenvalue weighted by Crippen LogP contribution is -2.42. The van der Waals surface area contributed by atoms with E-state index in [1.165, 1.54) is 0 Å². The molecular formula is C29H32ClN3O4. The molecule has 2 aliphatic rings. The van der Waals surface area contributed by atoms with E-state index in [2.05, 4.69) is 10.9 Å². The van der Waals surface area contributed by atoms with Crippen LogP contribution in [-0.2, 0) is 11.2 Å². The number of hydrogen-bond acceptors (Lipinski definition) is 6. The summed E-state index contributed by atoms with van der Waals surface area (Å²) in [4.78, 5) is 15.7. The number of ether oxygens (including phenoxy) is 2. The molecule has 2 heterocycles. The molecule has 0 aromatic heterocycles. The zero-order valence-electron chi connectivity index (χ0n) is 21.4. The maximum Gasteiger partial charge on any atom is 0.242 e. The van der Waals surface area contributed by atoms with E-state index in [1.54, 1.807) is 14.2 Å². The second-order valence-electron chi connectivity index (χ2n) is 9.81. The monoisotopic (exact) mass is 521 g/mol. The molecular weight excluding hydrogens is 490 g/mol. The summed E-state index contributed by atoms with van der Waals surface area (Å²) in [5.74, 6) is 1.49. The number of likely N-dealkylation sites (tertiary alicyclic amines) is 1. The molecule has 3 aromatic carbocycles. The van der Waals surface area contributed by atoms with Crippen LogP contribution < -0.4 is 20.3 Å². The number of benzene rings is 3. The molecule has 4 atom stereocenters. The predicted molar refractivity (Wildman–Crippen MR) is 143 cm³/mol. The van der Waals surface area contributed by atoms with E-state index < -0.39 is 6.04 Å². The number of methoxy groups -OCH3 is 2. The Morgan fingerprint density at radius 3 is 2.35 bits per heavy atom. The number of aromatic hydroxyl groups is 1. The van der Waals surface area contributed by atoms with Crippen LogP contribution in [0.1, 0.15) is 39.9 Å². The Morgan fingerprint density at radius 2 is 1.65 bits per heavy atom. The average molecular weight is 522 g/mol. The van der Waals surface area contributed by atoms with Crippen LogP contribution >= 0.6 is 11.6 Å². The number of carbonyl (C=O) groups is 1. The van der Waals surface area contributed by atoms with Crippen molar-refractivity contribution in [2.75, 3.05) is 20.8 Å². The molecule has 8 heteroatoms. The van der Waals surface area contributed by atoms with Gasteiger partial charge in [0.2, 0.25) is 5.91 Å². The Kier molecular flexibility index (Phi) is 7.03. The Labute approximate surface area is 222 Å². The minimum Gasteiger partial charge on any atom is -0.507 e. The normalized spacial score (nSPS) is 22.8. The quantitative estimate of drug-likeness (QED) is 0.420. The Hall–Kier alpha value is -3.26. The van der Waals surface area contributed by atoms with Crippen LogP contribution in [0.25, 0.3) is 0 Å². The summed E-state index contributed by atoms with van der Waals surface area (Å²) >= 11 is 6.21. The van der Waals surface area contributed by atoms with Gasteiger partial charge in [0.25, 0.3) is 0 Å². The third-order valence-corrected chi connectivity index (χ3v) is 7.78. The number of phenols is 1. The number of amides is 1. The van der Waals surface area contributed by atoms with Crippen molar-refractivity contribution in [2.45, 2.75) is 38.4 Å². The Balaban J connectivity index is 1.50. The van der Waals surface area contributed by atoms with E-state index >= 15 is 0 Å². The van der Waals surface area contributed by atoms with Crippen LogP contribution in [-0.4, -0.2) is 42.7 Å². The average Bonchev–Trinajstić information content (AvgIpc) is 3.44. The molecule has 37 heavy (non-hydrogen) atoms. The summed E-state index contributed by atoms with van der Waals surface area (Å²) in [6.45, 7) is 4.45. The summed E-state index contributed by atoms with van der Waals surface area (Å²) in [6, 6.07) is 16.6. The first kappa shape index (κ1) is 25.4. The number of phenolic OH excluding ortho intramolecular Hbond substituents is 1. The number of nitrogens with one attached hydrogen (secondary N) is 2. The first-order chi connectivity index (χ1) is 17.8. The first-order valence-electron chi connectivity index (χ1n) is 12.4. The predicted octanol–water partition coefficient (Wildman–Crippen LogP) is 4.64. The van der Waals surface area contributed by atoms with E-state index in [9.17, 15) is 9.90 Å². The SMILES string of the molecule is COc1ccc(CCN2C(=O)C3NNC(c4cc(C)cc(C)c4O)C3C2c2ccc(Cl)cc2)cc1OC. The van der Waals surface area contributed by atoms with Crippen LogP contribution in [0.5, 0.6) is 17.2 Å². The van der Waals surface area contributed by atoms with Crippen LogP contribution in [0.2, 0.25) is 5.02 Å². The molecule has 5 rings (SSSR count). The number of carbonyl (C=O) groups excluding carboxylic acids is 1. The summed E-state index contributed by atoms with van der Waals surface area (Å²) in [7, 11) is 3.23. The highest BCUT2D eigenvalue weighted by molar-refractivity contribution is 6.30. The van der Waals surface area contributed by atoms with Gasteiger partial charge >= 0.3 is 0 Å². The number of halogens is 1. The third-order valence-electron chi connectivity index (χ3n) is 7.52. The highest BCUT2D eigenvalue weighted by Gasteiger charge is 2.55. The van der Waals surface area contributed by atoms with E-state index in [0.29, 0.717) is 29.5 Å². The van der Waals surface area contributed by atoms with Gasteiger partial charge in [-0.15, -0.1) is 0 Å². The first-order valence-corrected chi connectivity index (χ1v) is 12.8. The lowest BCUT2D eigenvalue weighted by molar-refractivity contribution is -0.130. The molecule has 2 aliphatic heterocycles.